The lowest BCUT2D eigenvalue weighted by Crippen LogP contribution is -2.27. The Morgan fingerprint density at radius 3 is 2.76 bits per heavy atom. The highest BCUT2D eigenvalue weighted by molar-refractivity contribution is 7.13. The number of carbonyl (C=O) groups is 1. The van der Waals surface area contributed by atoms with Gasteiger partial charge in [-0.3, -0.25) is 9.48 Å². The Bertz CT molecular complexity index is 855. The molecule has 0 bridgehead atoms. The molecule has 3 rings (SSSR count). The molecule has 0 saturated heterocycles. The first-order chi connectivity index (χ1) is 12.0. The van der Waals surface area contributed by atoms with E-state index in [1.54, 1.807) is 30.2 Å². The standard InChI is InChI=1S/C17H20N6OS/c1-11(2)13-9-14(23(3)22-13)16(24)20-8-5-12-10-25-17(21-12)15-18-6-4-7-19-15/h4,6-7,9-11H,5,8H2,1-3H3,(H,20,24). The van der Waals surface area contributed by atoms with Crippen LogP contribution in [-0.2, 0) is 13.5 Å². The van der Waals surface area contributed by atoms with Crippen molar-refractivity contribution >= 4 is 17.2 Å². The molecule has 0 aliphatic carbocycles. The summed E-state index contributed by atoms with van der Waals surface area (Å²) < 4.78 is 1.62. The zero-order valence-corrected chi connectivity index (χ0v) is 15.2. The van der Waals surface area contributed by atoms with E-state index < -0.39 is 0 Å². The Morgan fingerprint density at radius 1 is 1.32 bits per heavy atom. The van der Waals surface area contributed by atoms with E-state index in [4.69, 9.17) is 0 Å². The highest BCUT2D eigenvalue weighted by Gasteiger charge is 2.15. The summed E-state index contributed by atoms with van der Waals surface area (Å²) in [6.07, 6.45) is 4.05. The number of carbonyl (C=O) groups excluding carboxylic acids is 1. The predicted molar refractivity (Wildman–Crippen MR) is 96.5 cm³/mol. The lowest BCUT2D eigenvalue weighted by molar-refractivity contribution is 0.0944. The molecule has 130 valence electrons. The molecule has 3 aromatic rings. The summed E-state index contributed by atoms with van der Waals surface area (Å²) in [6, 6.07) is 3.62. The summed E-state index contributed by atoms with van der Waals surface area (Å²) in [5, 5.41) is 10.0. The molecule has 0 aromatic carbocycles. The van der Waals surface area contributed by atoms with Gasteiger partial charge in [0.1, 0.15) is 5.69 Å². The number of rotatable bonds is 6. The predicted octanol–water partition coefficient (Wildman–Crippen LogP) is 2.43. The molecular formula is C17H20N6OS. The number of nitrogens with zero attached hydrogens (tertiary/aromatic N) is 5. The van der Waals surface area contributed by atoms with Gasteiger partial charge in [-0.25, -0.2) is 15.0 Å². The lowest BCUT2D eigenvalue weighted by atomic mass is 10.1. The van der Waals surface area contributed by atoms with E-state index in [9.17, 15) is 4.79 Å². The van der Waals surface area contributed by atoms with Gasteiger partial charge in [-0.2, -0.15) is 5.10 Å². The fourth-order valence-electron chi connectivity index (χ4n) is 2.31. The van der Waals surface area contributed by atoms with E-state index in [0.29, 0.717) is 30.4 Å². The Hall–Kier alpha value is -2.61. The zero-order valence-electron chi connectivity index (χ0n) is 14.4. The summed E-state index contributed by atoms with van der Waals surface area (Å²) in [6.45, 7) is 4.63. The largest absolute Gasteiger partial charge is 0.350 e. The van der Waals surface area contributed by atoms with Crippen LogP contribution in [0.3, 0.4) is 0 Å². The highest BCUT2D eigenvalue weighted by atomic mass is 32.1. The van der Waals surface area contributed by atoms with Gasteiger partial charge in [-0.1, -0.05) is 13.8 Å². The third-order valence-corrected chi connectivity index (χ3v) is 4.59. The Morgan fingerprint density at radius 2 is 2.08 bits per heavy atom. The zero-order chi connectivity index (χ0) is 17.8. The quantitative estimate of drug-likeness (QED) is 0.733. The Kier molecular flexibility index (Phi) is 5.18. The van der Waals surface area contributed by atoms with Crippen LogP contribution in [0.4, 0.5) is 0 Å². The molecule has 0 fully saturated rings. The van der Waals surface area contributed by atoms with Crippen LogP contribution in [-0.4, -0.2) is 37.2 Å². The molecular weight excluding hydrogens is 336 g/mol. The second kappa shape index (κ2) is 7.52. The maximum Gasteiger partial charge on any atom is 0.269 e. The molecule has 3 aromatic heterocycles. The van der Waals surface area contributed by atoms with Crippen LogP contribution < -0.4 is 5.32 Å². The topological polar surface area (TPSA) is 85.6 Å². The van der Waals surface area contributed by atoms with E-state index in [1.165, 1.54) is 11.3 Å². The number of aryl methyl sites for hydroxylation is 1. The molecule has 1 amide bonds. The molecule has 0 aliphatic rings. The summed E-state index contributed by atoms with van der Waals surface area (Å²) in [5.74, 6) is 0.795. The Labute approximate surface area is 150 Å². The van der Waals surface area contributed by atoms with Crippen molar-refractivity contribution in [2.24, 2.45) is 7.05 Å². The fourth-order valence-corrected chi connectivity index (χ4v) is 3.11. The van der Waals surface area contributed by atoms with Crippen molar-refractivity contribution in [3.8, 4) is 10.8 Å². The fraction of sp³-hybridized carbons (Fsp3) is 0.353. The Balaban J connectivity index is 1.56. The number of thiazole rings is 1. The number of aromatic nitrogens is 5. The highest BCUT2D eigenvalue weighted by Crippen LogP contribution is 2.19. The van der Waals surface area contributed by atoms with Crippen molar-refractivity contribution in [2.45, 2.75) is 26.2 Å². The molecule has 0 aliphatic heterocycles. The minimum atomic E-state index is -0.122. The van der Waals surface area contributed by atoms with Crippen molar-refractivity contribution in [1.82, 2.24) is 30.0 Å². The molecule has 8 heteroatoms. The third-order valence-electron chi connectivity index (χ3n) is 3.70. The van der Waals surface area contributed by atoms with E-state index in [-0.39, 0.29) is 5.91 Å². The van der Waals surface area contributed by atoms with E-state index in [2.05, 4.69) is 39.2 Å². The van der Waals surface area contributed by atoms with Crippen LogP contribution in [0.1, 0.15) is 41.6 Å². The van der Waals surface area contributed by atoms with Crippen LogP contribution >= 0.6 is 11.3 Å². The average molecular weight is 356 g/mol. The van der Waals surface area contributed by atoms with Crippen molar-refractivity contribution < 1.29 is 4.79 Å². The second-order valence-electron chi connectivity index (χ2n) is 5.96. The van der Waals surface area contributed by atoms with Gasteiger partial charge in [0.2, 0.25) is 0 Å². The van der Waals surface area contributed by atoms with Crippen LogP contribution in [0.2, 0.25) is 0 Å². The molecule has 0 unspecified atom stereocenters. The second-order valence-corrected chi connectivity index (χ2v) is 6.81. The average Bonchev–Trinajstić information content (AvgIpc) is 3.22. The van der Waals surface area contributed by atoms with Crippen LogP contribution in [0.25, 0.3) is 10.8 Å². The van der Waals surface area contributed by atoms with Gasteiger partial charge in [0.05, 0.1) is 11.4 Å². The lowest BCUT2D eigenvalue weighted by Gasteiger charge is -2.03. The summed E-state index contributed by atoms with van der Waals surface area (Å²) in [4.78, 5) is 25.2. The first-order valence-electron chi connectivity index (χ1n) is 8.08. The molecule has 1 N–H and O–H groups in total. The first-order valence-corrected chi connectivity index (χ1v) is 8.96. The van der Waals surface area contributed by atoms with Gasteiger partial charge in [-0.05, 0) is 18.1 Å². The molecule has 0 radical (unpaired) electrons. The normalized spacial score (nSPS) is 11.0. The SMILES string of the molecule is CC(C)c1cc(C(=O)NCCc2csc(-c3ncccn3)n2)n(C)n1. The smallest absolute Gasteiger partial charge is 0.269 e. The van der Waals surface area contributed by atoms with Crippen LogP contribution in [0, 0.1) is 0 Å². The molecule has 3 heterocycles. The van der Waals surface area contributed by atoms with Crippen LogP contribution in [0.15, 0.2) is 29.9 Å². The van der Waals surface area contributed by atoms with Crippen molar-refractivity contribution in [1.29, 1.82) is 0 Å². The molecule has 7 nitrogen and oxygen atoms in total. The number of hydrogen-bond donors (Lipinski definition) is 1. The summed E-state index contributed by atoms with van der Waals surface area (Å²) in [7, 11) is 1.79. The molecule has 0 atom stereocenters. The van der Waals surface area contributed by atoms with E-state index in [0.717, 1.165) is 16.4 Å². The molecule has 0 spiro atoms. The summed E-state index contributed by atoms with van der Waals surface area (Å²) in [5.41, 5.74) is 2.40. The number of amides is 1. The summed E-state index contributed by atoms with van der Waals surface area (Å²) >= 11 is 1.50. The third kappa shape index (κ3) is 4.08. The van der Waals surface area contributed by atoms with Gasteiger partial charge in [-0.15, -0.1) is 11.3 Å². The van der Waals surface area contributed by atoms with Crippen molar-refractivity contribution in [3.05, 3.63) is 47.0 Å². The van der Waals surface area contributed by atoms with E-state index >= 15 is 0 Å². The van der Waals surface area contributed by atoms with Gasteiger partial charge < -0.3 is 5.32 Å². The van der Waals surface area contributed by atoms with Crippen LogP contribution in [0.5, 0.6) is 0 Å². The van der Waals surface area contributed by atoms with Crippen molar-refractivity contribution in [2.75, 3.05) is 6.54 Å². The van der Waals surface area contributed by atoms with Gasteiger partial charge in [0, 0.05) is 37.8 Å². The first kappa shape index (κ1) is 17.2. The van der Waals surface area contributed by atoms with Gasteiger partial charge in [0.25, 0.3) is 5.91 Å². The molecule has 0 saturated carbocycles. The van der Waals surface area contributed by atoms with Gasteiger partial charge >= 0.3 is 0 Å². The minimum Gasteiger partial charge on any atom is -0.350 e. The maximum absolute atomic E-state index is 12.3. The maximum atomic E-state index is 12.3. The van der Waals surface area contributed by atoms with Gasteiger partial charge in [0.15, 0.2) is 10.8 Å². The minimum absolute atomic E-state index is 0.122. The van der Waals surface area contributed by atoms with E-state index in [1.807, 2.05) is 11.4 Å². The number of nitrogens with one attached hydrogen (secondary N) is 1. The molecule has 25 heavy (non-hydrogen) atoms. The monoisotopic (exact) mass is 356 g/mol. The number of hydrogen-bond acceptors (Lipinski definition) is 6. The van der Waals surface area contributed by atoms with Crippen molar-refractivity contribution in [3.63, 3.8) is 0 Å².